The van der Waals surface area contributed by atoms with E-state index >= 15 is 0 Å². The Morgan fingerprint density at radius 3 is 2.24 bits per heavy atom. The lowest BCUT2D eigenvalue weighted by Gasteiger charge is -2.31. The van der Waals surface area contributed by atoms with Crippen LogP contribution in [0.2, 0.25) is 0 Å². The van der Waals surface area contributed by atoms with Gasteiger partial charge in [0.15, 0.2) is 5.78 Å². The van der Waals surface area contributed by atoms with Gasteiger partial charge in [-0.15, -0.1) is 0 Å². The van der Waals surface area contributed by atoms with Crippen LogP contribution in [0.15, 0.2) is 65.8 Å². The molecule has 0 atom stereocenters. The summed E-state index contributed by atoms with van der Waals surface area (Å²) in [5.41, 5.74) is 8.40. The lowest BCUT2D eigenvalue weighted by molar-refractivity contribution is 0.0839. The van der Waals surface area contributed by atoms with E-state index in [4.69, 9.17) is 10.6 Å². The van der Waals surface area contributed by atoms with Crippen molar-refractivity contribution in [2.24, 2.45) is 16.8 Å². The number of piperidine rings is 1. The van der Waals surface area contributed by atoms with Gasteiger partial charge in [-0.05, 0) is 50.9 Å². The molecule has 0 bridgehead atoms. The third-order valence-electron chi connectivity index (χ3n) is 5.40. The van der Waals surface area contributed by atoms with Crippen molar-refractivity contribution in [2.45, 2.75) is 25.7 Å². The fourth-order valence-corrected chi connectivity index (χ4v) is 3.78. The number of hydrogen-bond donors (Lipinski definition) is 1. The van der Waals surface area contributed by atoms with Gasteiger partial charge in [0.2, 0.25) is 0 Å². The summed E-state index contributed by atoms with van der Waals surface area (Å²) in [6.45, 7) is 3.85. The maximum Gasteiger partial charge on any atom is 0.166 e. The maximum atomic E-state index is 12.6. The summed E-state index contributed by atoms with van der Waals surface area (Å²) in [5, 5.41) is 4.31. The van der Waals surface area contributed by atoms with Crippen LogP contribution < -0.4 is 5.73 Å². The highest BCUT2D eigenvalue weighted by molar-refractivity contribution is 6.00. The van der Waals surface area contributed by atoms with E-state index in [2.05, 4.69) is 22.2 Å². The average Bonchev–Trinajstić information content (AvgIpc) is 2.79. The smallest absolute Gasteiger partial charge is 0.166 e. The van der Waals surface area contributed by atoms with Gasteiger partial charge in [-0.3, -0.25) is 4.79 Å². The first-order chi connectivity index (χ1) is 14.3. The van der Waals surface area contributed by atoms with E-state index in [-0.39, 0.29) is 5.92 Å². The number of Topliss-reactive ketones (excluding diaryl/α,β-unsaturated/α-hetero) is 1. The van der Waals surface area contributed by atoms with Gasteiger partial charge in [-0.1, -0.05) is 65.8 Å². The zero-order chi connectivity index (χ0) is 20.3. The zero-order valence-electron chi connectivity index (χ0n) is 17.0. The van der Waals surface area contributed by atoms with Crippen molar-refractivity contribution in [1.82, 2.24) is 4.90 Å². The van der Waals surface area contributed by atoms with Crippen LogP contribution in [0.3, 0.4) is 0 Å². The molecule has 2 N–H and O–H groups in total. The van der Waals surface area contributed by atoms with E-state index < -0.39 is 0 Å². The van der Waals surface area contributed by atoms with Crippen molar-refractivity contribution in [1.29, 1.82) is 0 Å². The normalized spacial score (nSPS) is 16.0. The van der Waals surface area contributed by atoms with Crippen LogP contribution in [-0.2, 0) is 4.84 Å². The Bertz CT molecular complexity index is 769. The molecule has 0 unspecified atom stereocenters. The van der Waals surface area contributed by atoms with Gasteiger partial charge in [-0.25, -0.2) is 0 Å². The first-order valence-corrected chi connectivity index (χ1v) is 10.5. The number of rotatable bonds is 10. The molecule has 154 valence electrons. The van der Waals surface area contributed by atoms with Gasteiger partial charge in [0.1, 0.15) is 6.61 Å². The summed E-state index contributed by atoms with van der Waals surface area (Å²) in [5.74, 6) is 0.445. The summed E-state index contributed by atoms with van der Waals surface area (Å²) in [6, 6.07) is 19.8. The van der Waals surface area contributed by atoms with Crippen molar-refractivity contribution in [3.63, 3.8) is 0 Å². The molecule has 0 amide bonds. The molecule has 1 aliphatic heterocycles. The Labute approximate surface area is 173 Å². The molecule has 2 aromatic carbocycles. The van der Waals surface area contributed by atoms with Gasteiger partial charge < -0.3 is 15.5 Å². The molecular formula is C24H31N3O2. The van der Waals surface area contributed by atoms with Crippen molar-refractivity contribution < 1.29 is 9.63 Å². The van der Waals surface area contributed by atoms with Crippen LogP contribution in [0, 0.1) is 5.92 Å². The SMILES string of the molecule is NCCON=C(CCCN1CCC(C(=O)c2ccccc2)CC1)c1ccccc1. The molecule has 0 saturated carbocycles. The molecule has 1 aliphatic rings. The molecule has 0 radical (unpaired) electrons. The van der Waals surface area contributed by atoms with Gasteiger partial charge >= 0.3 is 0 Å². The average molecular weight is 394 g/mol. The molecule has 5 heteroatoms. The lowest BCUT2D eigenvalue weighted by atomic mass is 9.89. The van der Waals surface area contributed by atoms with Crippen molar-refractivity contribution in [3.8, 4) is 0 Å². The first kappa shape index (κ1) is 21.2. The van der Waals surface area contributed by atoms with E-state index in [1.165, 1.54) is 0 Å². The van der Waals surface area contributed by atoms with Gasteiger partial charge in [-0.2, -0.15) is 0 Å². The minimum Gasteiger partial charge on any atom is -0.394 e. The minimum atomic E-state index is 0.153. The molecule has 0 aromatic heterocycles. The highest BCUT2D eigenvalue weighted by Gasteiger charge is 2.25. The number of nitrogens with zero attached hydrogens (tertiary/aromatic N) is 2. The van der Waals surface area contributed by atoms with E-state index in [0.29, 0.717) is 18.9 Å². The molecule has 2 aromatic rings. The molecule has 1 fully saturated rings. The molecule has 0 aliphatic carbocycles. The standard InChI is InChI=1S/C24H31N3O2/c25-15-19-29-26-23(20-8-3-1-4-9-20)12-7-16-27-17-13-22(14-18-27)24(28)21-10-5-2-6-11-21/h1-6,8-11,22H,7,12-19,25H2. The second-order valence-electron chi connectivity index (χ2n) is 7.48. The van der Waals surface area contributed by atoms with E-state index in [9.17, 15) is 4.79 Å². The van der Waals surface area contributed by atoms with E-state index in [1.54, 1.807) is 0 Å². The highest BCUT2D eigenvalue weighted by atomic mass is 16.6. The highest BCUT2D eigenvalue weighted by Crippen LogP contribution is 2.22. The second kappa shape index (κ2) is 11.5. The monoisotopic (exact) mass is 393 g/mol. The summed E-state index contributed by atoms with van der Waals surface area (Å²) in [6.07, 6.45) is 3.74. The lowest BCUT2D eigenvalue weighted by Crippen LogP contribution is -2.37. The Morgan fingerprint density at radius 1 is 1.00 bits per heavy atom. The number of carbonyl (C=O) groups excluding carboxylic acids is 1. The maximum absolute atomic E-state index is 12.6. The van der Waals surface area contributed by atoms with Crippen LogP contribution >= 0.6 is 0 Å². The molecule has 3 rings (SSSR count). The topological polar surface area (TPSA) is 67.9 Å². The van der Waals surface area contributed by atoms with Crippen LogP contribution in [0.5, 0.6) is 0 Å². The fourth-order valence-electron chi connectivity index (χ4n) is 3.78. The number of ketones is 1. The predicted molar refractivity (Wildman–Crippen MR) is 117 cm³/mol. The van der Waals surface area contributed by atoms with Crippen LogP contribution in [0.25, 0.3) is 0 Å². The molecule has 1 heterocycles. The predicted octanol–water partition coefficient (Wildman–Crippen LogP) is 3.74. The Morgan fingerprint density at radius 2 is 1.62 bits per heavy atom. The summed E-state index contributed by atoms with van der Waals surface area (Å²) in [4.78, 5) is 20.4. The quantitative estimate of drug-likeness (QED) is 0.289. The molecule has 29 heavy (non-hydrogen) atoms. The van der Waals surface area contributed by atoms with Crippen LogP contribution in [0.4, 0.5) is 0 Å². The van der Waals surface area contributed by atoms with E-state index in [0.717, 1.165) is 62.2 Å². The van der Waals surface area contributed by atoms with Crippen molar-refractivity contribution in [3.05, 3.63) is 71.8 Å². The fraction of sp³-hybridized carbons (Fsp3) is 0.417. The summed E-state index contributed by atoms with van der Waals surface area (Å²) >= 11 is 0. The Hall–Kier alpha value is -2.50. The Balaban J connectivity index is 1.45. The first-order valence-electron chi connectivity index (χ1n) is 10.5. The summed E-state index contributed by atoms with van der Waals surface area (Å²) in [7, 11) is 0. The van der Waals surface area contributed by atoms with Crippen molar-refractivity contribution >= 4 is 11.5 Å². The third kappa shape index (κ3) is 6.51. The molecule has 1 saturated heterocycles. The number of benzene rings is 2. The molecule has 0 spiro atoms. The second-order valence-corrected chi connectivity index (χ2v) is 7.48. The van der Waals surface area contributed by atoms with E-state index in [1.807, 2.05) is 48.5 Å². The van der Waals surface area contributed by atoms with Crippen LogP contribution in [-0.4, -0.2) is 49.2 Å². The van der Waals surface area contributed by atoms with Crippen LogP contribution in [0.1, 0.15) is 41.6 Å². The largest absolute Gasteiger partial charge is 0.394 e. The van der Waals surface area contributed by atoms with Gasteiger partial charge in [0.25, 0.3) is 0 Å². The minimum absolute atomic E-state index is 0.153. The number of oxime groups is 1. The van der Waals surface area contributed by atoms with Gasteiger partial charge in [0, 0.05) is 18.0 Å². The van der Waals surface area contributed by atoms with Gasteiger partial charge in [0.05, 0.1) is 5.71 Å². The number of nitrogens with two attached hydrogens (primary N) is 1. The summed E-state index contributed by atoms with van der Waals surface area (Å²) < 4.78 is 0. The molecule has 5 nitrogen and oxygen atoms in total. The zero-order valence-corrected chi connectivity index (χ0v) is 17.0. The number of hydrogen-bond acceptors (Lipinski definition) is 5. The number of likely N-dealkylation sites (tertiary alicyclic amines) is 1. The number of carbonyl (C=O) groups is 1. The van der Waals surface area contributed by atoms with Crippen molar-refractivity contribution in [2.75, 3.05) is 32.8 Å². The Kier molecular flexibility index (Phi) is 8.40. The third-order valence-corrected chi connectivity index (χ3v) is 5.40. The molecular weight excluding hydrogens is 362 g/mol.